The van der Waals surface area contributed by atoms with Gasteiger partial charge in [0.2, 0.25) is 0 Å². The molecule has 0 amide bonds. The zero-order valence-electron chi connectivity index (χ0n) is 8.64. The summed E-state index contributed by atoms with van der Waals surface area (Å²) in [6, 6.07) is 6.06. The van der Waals surface area contributed by atoms with Crippen molar-refractivity contribution in [2.45, 2.75) is 6.42 Å². The number of rotatable bonds is 3. The van der Waals surface area contributed by atoms with Gasteiger partial charge in [-0.05, 0) is 26.2 Å². The first-order valence-electron chi connectivity index (χ1n) is 4.83. The van der Waals surface area contributed by atoms with Gasteiger partial charge in [0.15, 0.2) is 0 Å². The van der Waals surface area contributed by atoms with E-state index in [2.05, 4.69) is 34.6 Å². The molecule has 0 unspecified atom stereocenters. The van der Waals surface area contributed by atoms with E-state index in [9.17, 15) is 0 Å². The van der Waals surface area contributed by atoms with E-state index in [0.29, 0.717) is 0 Å². The molecule has 0 atom stereocenters. The van der Waals surface area contributed by atoms with Crippen LogP contribution in [0.2, 0.25) is 0 Å². The van der Waals surface area contributed by atoms with Crippen molar-refractivity contribution in [1.82, 2.24) is 14.3 Å². The second-order valence-electron chi connectivity index (χ2n) is 3.75. The molecule has 74 valence electrons. The lowest BCUT2D eigenvalue weighted by Crippen LogP contribution is -2.15. The molecule has 0 bridgehead atoms. The first kappa shape index (κ1) is 9.21. The second kappa shape index (κ2) is 3.80. The average molecular weight is 189 g/mol. The third-order valence-electron chi connectivity index (χ3n) is 2.23. The predicted molar refractivity (Wildman–Crippen MR) is 57.5 cm³/mol. The summed E-state index contributed by atoms with van der Waals surface area (Å²) < 4.78 is 2.06. The van der Waals surface area contributed by atoms with Crippen LogP contribution in [0, 0.1) is 0 Å². The predicted octanol–water partition coefficient (Wildman–Crippen LogP) is 1.44. The van der Waals surface area contributed by atoms with Gasteiger partial charge in [0.05, 0.1) is 5.69 Å². The molecule has 2 rings (SSSR count). The maximum absolute atomic E-state index is 4.52. The minimum absolute atomic E-state index is 1.01. The summed E-state index contributed by atoms with van der Waals surface area (Å²) in [5.74, 6) is 0. The van der Waals surface area contributed by atoms with Gasteiger partial charge >= 0.3 is 0 Å². The fraction of sp³-hybridized carbons (Fsp3) is 0.364. The number of imidazole rings is 1. The molecule has 2 aromatic heterocycles. The van der Waals surface area contributed by atoms with Crippen molar-refractivity contribution in [1.29, 1.82) is 0 Å². The maximum Gasteiger partial charge on any atom is 0.136 e. The van der Waals surface area contributed by atoms with E-state index < -0.39 is 0 Å². The van der Waals surface area contributed by atoms with E-state index in [1.807, 2.05) is 24.4 Å². The van der Waals surface area contributed by atoms with Crippen LogP contribution in [0.25, 0.3) is 5.65 Å². The number of hydrogen-bond acceptors (Lipinski definition) is 2. The number of aromatic nitrogens is 2. The van der Waals surface area contributed by atoms with Crippen molar-refractivity contribution in [3.63, 3.8) is 0 Å². The molecule has 14 heavy (non-hydrogen) atoms. The van der Waals surface area contributed by atoms with Crippen LogP contribution in [0.5, 0.6) is 0 Å². The number of fused-ring (bicyclic) bond motifs is 1. The van der Waals surface area contributed by atoms with Gasteiger partial charge in [-0.3, -0.25) is 0 Å². The largest absolute Gasteiger partial charge is 0.309 e. The lowest BCUT2D eigenvalue weighted by atomic mass is 10.3. The zero-order chi connectivity index (χ0) is 9.97. The van der Waals surface area contributed by atoms with Crippen LogP contribution in [0.1, 0.15) is 5.69 Å². The minimum atomic E-state index is 1.01. The molecule has 0 aliphatic heterocycles. The molecular formula is C11H15N3. The fourth-order valence-electron chi connectivity index (χ4n) is 1.45. The van der Waals surface area contributed by atoms with Crippen molar-refractivity contribution in [2.24, 2.45) is 0 Å². The van der Waals surface area contributed by atoms with E-state index in [-0.39, 0.29) is 0 Å². The molecule has 3 nitrogen and oxygen atoms in total. The first-order valence-corrected chi connectivity index (χ1v) is 4.83. The van der Waals surface area contributed by atoms with Gasteiger partial charge < -0.3 is 9.30 Å². The van der Waals surface area contributed by atoms with E-state index in [0.717, 1.165) is 24.3 Å². The standard InChI is InChI=1S/C11H15N3/c1-13(2)8-6-10-9-14-7-4-3-5-11(14)12-10/h3-5,7,9H,6,8H2,1-2H3. The summed E-state index contributed by atoms with van der Waals surface area (Å²) >= 11 is 0. The molecule has 0 aromatic carbocycles. The monoisotopic (exact) mass is 189 g/mol. The molecule has 3 heteroatoms. The summed E-state index contributed by atoms with van der Waals surface area (Å²) in [7, 11) is 4.16. The molecule has 0 aliphatic rings. The summed E-state index contributed by atoms with van der Waals surface area (Å²) in [6.07, 6.45) is 5.13. The molecule has 2 aromatic rings. The zero-order valence-corrected chi connectivity index (χ0v) is 8.64. The van der Waals surface area contributed by atoms with Crippen molar-refractivity contribution in [2.75, 3.05) is 20.6 Å². The Labute approximate surface area is 84.0 Å². The topological polar surface area (TPSA) is 20.5 Å². The van der Waals surface area contributed by atoms with Crippen molar-refractivity contribution in [3.05, 3.63) is 36.3 Å². The Hall–Kier alpha value is -1.35. The number of nitrogens with zero attached hydrogens (tertiary/aromatic N) is 3. The third-order valence-corrected chi connectivity index (χ3v) is 2.23. The van der Waals surface area contributed by atoms with Crippen LogP contribution in [0.4, 0.5) is 0 Å². The maximum atomic E-state index is 4.52. The van der Waals surface area contributed by atoms with Gasteiger partial charge in [-0.1, -0.05) is 6.07 Å². The van der Waals surface area contributed by atoms with Crippen molar-refractivity contribution >= 4 is 5.65 Å². The van der Waals surface area contributed by atoms with Crippen molar-refractivity contribution in [3.8, 4) is 0 Å². The van der Waals surface area contributed by atoms with E-state index in [1.54, 1.807) is 0 Å². The fourth-order valence-corrected chi connectivity index (χ4v) is 1.45. The lowest BCUT2D eigenvalue weighted by molar-refractivity contribution is 0.412. The van der Waals surface area contributed by atoms with Crippen LogP contribution < -0.4 is 0 Å². The van der Waals surface area contributed by atoms with Crippen LogP contribution in [0.3, 0.4) is 0 Å². The molecule has 0 fully saturated rings. The second-order valence-corrected chi connectivity index (χ2v) is 3.75. The van der Waals surface area contributed by atoms with E-state index >= 15 is 0 Å². The van der Waals surface area contributed by atoms with Gasteiger partial charge in [0, 0.05) is 25.4 Å². The van der Waals surface area contributed by atoms with Crippen LogP contribution in [-0.4, -0.2) is 34.9 Å². The molecule has 0 spiro atoms. The highest BCUT2D eigenvalue weighted by molar-refractivity contribution is 5.39. The Morgan fingerprint density at radius 3 is 2.93 bits per heavy atom. The molecule has 0 N–H and O–H groups in total. The third kappa shape index (κ3) is 1.93. The highest BCUT2D eigenvalue weighted by atomic mass is 15.1. The van der Waals surface area contributed by atoms with Crippen molar-refractivity contribution < 1.29 is 0 Å². The Balaban J connectivity index is 2.19. The SMILES string of the molecule is CN(C)CCc1cn2ccccc2n1. The number of likely N-dealkylation sites (N-methyl/N-ethyl adjacent to an activating group) is 1. The van der Waals surface area contributed by atoms with Gasteiger partial charge in [-0.2, -0.15) is 0 Å². The van der Waals surface area contributed by atoms with Crippen LogP contribution >= 0.6 is 0 Å². The number of hydrogen-bond donors (Lipinski definition) is 0. The average Bonchev–Trinajstić information content (AvgIpc) is 2.57. The smallest absolute Gasteiger partial charge is 0.136 e. The summed E-state index contributed by atoms with van der Waals surface area (Å²) in [6.45, 7) is 1.05. The highest BCUT2D eigenvalue weighted by Gasteiger charge is 2.00. The van der Waals surface area contributed by atoms with Gasteiger partial charge in [-0.25, -0.2) is 4.98 Å². The normalized spacial score (nSPS) is 11.4. The molecule has 2 heterocycles. The van der Waals surface area contributed by atoms with E-state index in [4.69, 9.17) is 0 Å². The van der Waals surface area contributed by atoms with E-state index in [1.165, 1.54) is 0 Å². The summed E-state index contributed by atoms with van der Waals surface area (Å²) in [4.78, 5) is 6.69. The number of pyridine rings is 1. The molecule has 0 saturated heterocycles. The minimum Gasteiger partial charge on any atom is -0.309 e. The van der Waals surface area contributed by atoms with Gasteiger partial charge in [0.1, 0.15) is 5.65 Å². The van der Waals surface area contributed by atoms with Crippen LogP contribution in [-0.2, 0) is 6.42 Å². The Morgan fingerprint density at radius 2 is 2.21 bits per heavy atom. The molecular weight excluding hydrogens is 174 g/mol. The first-order chi connectivity index (χ1) is 6.75. The highest BCUT2D eigenvalue weighted by Crippen LogP contribution is 2.04. The van der Waals surface area contributed by atoms with Gasteiger partial charge in [-0.15, -0.1) is 0 Å². The lowest BCUT2D eigenvalue weighted by Gasteiger charge is -2.06. The Bertz CT molecular complexity index is 384. The molecule has 0 radical (unpaired) electrons. The van der Waals surface area contributed by atoms with Gasteiger partial charge in [0.25, 0.3) is 0 Å². The quantitative estimate of drug-likeness (QED) is 0.728. The van der Waals surface area contributed by atoms with Crippen LogP contribution in [0.15, 0.2) is 30.6 Å². The summed E-state index contributed by atoms with van der Waals surface area (Å²) in [5, 5.41) is 0. The Morgan fingerprint density at radius 1 is 1.36 bits per heavy atom. The molecule has 0 aliphatic carbocycles. The summed E-state index contributed by atoms with van der Waals surface area (Å²) in [5.41, 5.74) is 2.19. The molecule has 0 saturated carbocycles. The Kier molecular flexibility index (Phi) is 2.50.